The van der Waals surface area contributed by atoms with E-state index >= 15 is 0 Å². The van der Waals surface area contributed by atoms with Gasteiger partial charge in [-0.2, -0.15) is 5.26 Å². The molecule has 1 fully saturated rings. The van der Waals surface area contributed by atoms with Crippen molar-refractivity contribution in [2.75, 3.05) is 50.6 Å². The third-order valence-electron chi connectivity index (χ3n) is 3.42. The van der Waals surface area contributed by atoms with E-state index in [-0.39, 0.29) is 11.5 Å². The lowest BCUT2D eigenvalue weighted by Crippen LogP contribution is -2.41. The average molecular weight is 300 g/mol. The van der Waals surface area contributed by atoms with Crippen LogP contribution in [0.4, 0.5) is 11.4 Å². The van der Waals surface area contributed by atoms with Crippen LogP contribution in [0.25, 0.3) is 0 Å². The van der Waals surface area contributed by atoms with Crippen LogP contribution >= 0.6 is 0 Å². The average Bonchev–Trinajstić information content (AvgIpc) is 2.56. The van der Waals surface area contributed by atoms with Crippen LogP contribution in [0, 0.1) is 11.3 Å². The zero-order chi connectivity index (χ0) is 15.9. The highest BCUT2D eigenvalue weighted by Gasteiger charge is 2.20. The largest absolute Gasteiger partial charge is 0.378 e. The van der Waals surface area contributed by atoms with Gasteiger partial charge in [-0.1, -0.05) is 0 Å². The molecule has 0 spiro atoms. The molecule has 116 valence electrons. The molecule has 1 heterocycles. The van der Waals surface area contributed by atoms with E-state index < -0.39 is 0 Å². The van der Waals surface area contributed by atoms with Crippen molar-refractivity contribution in [1.82, 2.24) is 4.90 Å². The molecular formula is C16H20N4O2. The summed E-state index contributed by atoms with van der Waals surface area (Å²) in [5.74, 6) is -0.261. The second kappa shape index (κ2) is 7.48. The third kappa shape index (κ3) is 3.99. The van der Waals surface area contributed by atoms with Gasteiger partial charge in [0.1, 0.15) is 11.6 Å². The Balaban J connectivity index is 2.02. The molecule has 6 heteroatoms. The Morgan fingerprint density at radius 2 is 1.95 bits per heavy atom. The summed E-state index contributed by atoms with van der Waals surface area (Å²) in [6.07, 6.45) is 1.46. The maximum Gasteiger partial charge on any atom is 0.266 e. The van der Waals surface area contributed by atoms with Crippen molar-refractivity contribution in [2.24, 2.45) is 0 Å². The van der Waals surface area contributed by atoms with Gasteiger partial charge in [-0.3, -0.25) is 4.79 Å². The van der Waals surface area contributed by atoms with Crippen molar-refractivity contribution in [3.05, 3.63) is 36.0 Å². The van der Waals surface area contributed by atoms with Gasteiger partial charge in [0.05, 0.1) is 13.2 Å². The summed E-state index contributed by atoms with van der Waals surface area (Å²) in [5.41, 5.74) is 2.01. The number of hydrogen-bond donors (Lipinski definition) is 1. The van der Waals surface area contributed by atoms with Gasteiger partial charge in [0.25, 0.3) is 5.91 Å². The molecule has 2 rings (SSSR count). The second-order valence-electron chi connectivity index (χ2n) is 5.16. The molecule has 1 amide bonds. The van der Waals surface area contributed by atoms with Gasteiger partial charge in [-0.15, -0.1) is 0 Å². The second-order valence-corrected chi connectivity index (χ2v) is 5.16. The minimum absolute atomic E-state index is 0.0959. The number of carbonyl (C=O) groups excluding carboxylic acids is 1. The lowest BCUT2D eigenvalue weighted by Gasteiger charge is -2.26. The summed E-state index contributed by atoms with van der Waals surface area (Å²) in [5, 5.41) is 12.2. The van der Waals surface area contributed by atoms with Gasteiger partial charge in [-0.25, -0.2) is 0 Å². The van der Waals surface area contributed by atoms with Crippen LogP contribution in [0.5, 0.6) is 0 Å². The van der Waals surface area contributed by atoms with Crippen LogP contribution in [-0.4, -0.2) is 51.2 Å². The van der Waals surface area contributed by atoms with Gasteiger partial charge in [-0.05, 0) is 24.3 Å². The fraction of sp³-hybridized carbons (Fsp3) is 0.375. The molecule has 0 bridgehead atoms. The standard InChI is InChI=1S/C16H20N4O2/c1-19(2)15-5-3-14(4-6-15)18-12-13(11-17)16(21)20-7-9-22-10-8-20/h3-6,12,18H,7-10H2,1-2H3/b13-12-. The van der Waals surface area contributed by atoms with Crippen molar-refractivity contribution in [1.29, 1.82) is 5.26 Å². The quantitative estimate of drug-likeness (QED) is 0.673. The molecule has 1 aromatic rings. The zero-order valence-corrected chi connectivity index (χ0v) is 12.9. The Morgan fingerprint density at radius 3 is 2.50 bits per heavy atom. The van der Waals surface area contributed by atoms with E-state index in [1.807, 2.05) is 49.3 Å². The van der Waals surface area contributed by atoms with Crippen LogP contribution in [0.15, 0.2) is 36.0 Å². The molecular weight excluding hydrogens is 280 g/mol. The Hall–Kier alpha value is -2.52. The first-order valence-electron chi connectivity index (χ1n) is 7.13. The van der Waals surface area contributed by atoms with E-state index in [4.69, 9.17) is 4.74 Å². The summed E-state index contributed by atoms with van der Waals surface area (Å²) < 4.78 is 5.21. The van der Waals surface area contributed by atoms with Crippen molar-refractivity contribution >= 4 is 17.3 Å². The number of nitrogens with one attached hydrogen (secondary N) is 1. The van der Waals surface area contributed by atoms with Crippen molar-refractivity contribution in [3.8, 4) is 6.07 Å². The first-order valence-corrected chi connectivity index (χ1v) is 7.13. The minimum Gasteiger partial charge on any atom is -0.378 e. The van der Waals surface area contributed by atoms with Gasteiger partial charge in [0.15, 0.2) is 0 Å². The van der Waals surface area contributed by atoms with Crippen molar-refractivity contribution in [2.45, 2.75) is 0 Å². The van der Waals surface area contributed by atoms with Crippen LogP contribution in [0.2, 0.25) is 0 Å². The number of morpholine rings is 1. The lowest BCUT2D eigenvalue weighted by atomic mass is 10.2. The Kier molecular flexibility index (Phi) is 5.39. The van der Waals surface area contributed by atoms with Gasteiger partial charge in [0.2, 0.25) is 0 Å². The summed E-state index contributed by atoms with van der Waals surface area (Å²) in [7, 11) is 3.94. The predicted molar refractivity (Wildman–Crippen MR) is 85.5 cm³/mol. The number of rotatable bonds is 4. The SMILES string of the molecule is CN(C)c1ccc(N/C=C(/C#N)C(=O)N2CCOCC2)cc1. The molecule has 22 heavy (non-hydrogen) atoms. The Bertz CT molecular complexity index is 581. The topological polar surface area (TPSA) is 68.6 Å². The maximum absolute atomic E-state index is 12.2. The molecule has 1 aliphatic rings. The number of nitriles is 1. The van der Waals surface area contributed by atoms with Crippen LogP contribution in [-0.2, 0) is 9.53 Å². The van der Waals surface area contributed by atoms with Gasteiger partial charge < -0.3 is 19.9 Å². The van der Waals surface area contributed by atoms with E-state index in [1.54, 1.807) is 4.90 Å². The number of anilines is 2. The highest BCUT2D eigenvalue weighted by molar-refractivity contribution is 5.97. The number of benzene rings is 1. The molecule has 6 nitrogen and oxygen atoms in total. The van der Waals surface area contributed by atoms with Crippen molar-refractivity contribution < 1.29 is 9.53 Å². The predicted octanol–water partition coefficient (Wildman–Crippen LogP) is 1.43. The van der Waals surface area contributed by atoms with E-state index in [0.717, 1.165) is 11.4 Å². The first-order chi connectivity index (χ1) is 10.6. The van der Waals surface area contributed by atoms with Crippen LogP contribution in [0.3, 0.4) is 0 Å². The van der Waals surface area contributed by atoms with Crippen molar-refractivity contribution in [3.63, 3.8) is 0 Å². The van der Waals surface area contributed by atoms with E-state index in [2.05, 4.69) is 5.32 Å². The molecule has 0 unspecified atom stereocenters. The Morgan fingerprint density at radius 1 is 1.32 bits per heavy atom. The number of amides is 1. The zero-order valence-electron chi connectivity index (χ0n) is 12.9. The highest BCUT2D eigenvalue weighted by atomic mass is 16.5. The molecule has 1 N–H and O–H groups in total. The summed E-state index contributed by atoms with van der Waals surface area (Å²) >= 11 is 0. The van der Waals surface area contributed by atoms with E-state index in [1.165, 1.54) is 6.20 Å². The van der Waals surface area contributed by atoms with E-state index in [9.17, 15) is 10.1 Å². The molecule has 1 saturated heterocycles. The highest BCUT2D eigenvalue weighted by Crippen LogP contribution is 2.16. The molecule has 0 radical (unpaired) electrons. The van der Waals surface area contributed by atoms with Gasteiger partial charge >= 0.3 is 0 Å². The first kappa shape index (κ1) is 15.9. The summed E-state index contributed by atoms with van der Waals surface area (Å²) in [4.78, 5) is 15.9. The third-order valence-corrected chi connectivity index (χ3v) is 3.42. The van der Waals surface area contributed by atoms with Crippen LogP contribution < -0.4 is 10.2 Å². The van der Waals surface area contributed by atoms with Gasteiger partial charge in [0, 0.05) is 44.8 Å². The number of nitrogens with zero attached hydrogens (tertiary/aromatic N) is 3. The Labute approximate surface area is 130 Å². The molecule has 1 aliphatic heterocycles. The molecule has 0 aliphatic carbocycles. The number of ether oxygens (including phenoxy) is 1. The van der Waals surface area contributed by atoms with E-state index in [0.29, 0.717) is 26.3 Å². The summed E-state index contributed by atoms with van der Waals surface area (Å²) in [6, 6.07) is 9.69. The maximum atomic E-state index is 12.2. The van der Waals surface area contributed by atoms with Crippen LogP contribution in [0.1, 0.15) is 0 Å². The minimum atomic E-state index is -0.261. The number of hydrogen-bond acceptors (Lipinski definition) is 5. The fourth-order valence-corrected chi connectivity index (χ4v) is 2.09. The molecule has 0 saturated carbocycles. The molecule has 0 aromatic heterocycles. The smallest absolute Gasteiger partial charge is 0.266 e. The lowest BCUT2D eigenvalue weighted by molar-refractivity contribution is -0.130. The molecule has 0 atom stereocenters. The molecule has 1 aromatic carbocycles. The monoisotopic (exact) mass is 300 g/mol. The normalized spacial score (nSPS) is 15.1. The number of carbonyl (C=O) groups is 1. The fourth-order valence-electron chi connectivity index (χ4n) is 2.09. The summed E-state index contributed by atoms with van der Waals surface area (Å²) in [6.45, 7) is 2.08.